The van der Waals surface area contributed by atoms with Crippen molar-refractivity contribution in [2.75, 3.05) is 0 Å². The van der Waals surface area contributed by atoms with Crippen LogP contribution in [0, 0.1) is 0 Å². The van der Waals surface area contributed by atoms with E-state index in [1.165, 1.54) is 0 Å². The minimum absolute atomic E-state index is 0.163. The Morgan fingerprint density at radius 3 is 2.38 bits per heavy atom. The van der Waals surface area contributed by atoms with E-state index in [9.17, 15) is 0 Å². The molecule has 4 N–H and O–H groups in total. The van der Waals surface area contributed by atoms with E-state index in [4.69, 9.17) is 11.5 Å². The molecule has 0 saturated heterocycles. The van der Waals surface area contributed by atoms with Crippen LogP contribution in [0.15, 0.2) is 36.0 Å². The van der Waals surface area contributed by atoms with Crippen molar-refractivity contribution in [1.82, 2.24) is 0 Å². The zero-order valence-electron chi connectivity index (χ0n) is 4.52. The molecule has 2 heteroatoms. The van der Waals surface area contributed by atoms with Gasteiger partial charge < -0.3 is 11.5 Å². The molecule has 0 bridgehead atoms. The summed E-state index contributed by atoms with van der Waals surface area (Å²) in [5, 5.41) is 0. The summed E-state index contributed by atoms with van der Waals surface area (Å²) < 4.78 is 0. The molecule has 0 aromatic carbocycles. The van der Waals surface area contributed by atoms with Crippen molar-refractivity contribution >= 4 is 0 Å². The fourth-order valence-electron chi connectivity index (χ4n) is 0.197. The number of allylic oxidation sites excluding steroid dienone is 2. The van der Waals surface area contributed by atoms with Crippen molar-refractivity contribution in [2.24, 2.45) is 11.5 Å². The van der Waals surface area contributed by atoms with E-state index in [2.05, 4.69) is 18.0 Å². The zero-order valence-corrected chi connectivity index (χ0v) is 4.52. The summed E-state index contributed by atoms with van der Waals surface area (Å²) in [6.45, 7) is 3.31. The Labute approximate surface area is 48.5 Å². The van der Waals surface area contributed by atoms with Crippen LogP contribution in [-0.4, -0.2) is 0 Å². The van der Waals surface area contributed by atoms with Crippen molar-refractivity contribution in [2.45, 2.75) is 0 Å². The second kappa shape index (κ2) is 3.82. The predicted octanol–water partition coefficient (Wildman–Crippen LogP) is 0.241. The molecule has 0 radical (unpaired) electrons. The van der Waals surface area contributed by atoms with Crippen LogP contribution in [0.3, 0.4) is 0 Å². The lowest BCUT2D eigenvalue weighted by Gasteiger charge is -1.75. The number of rotatable bonds is 1. The molecule has 0 aliphatic carbocycles. The summed E-state index contributed by atoms with van der Waals surface area (Å²) >= 11 is 0. The average Bonchev–Trinajstić information content (AvgIpc) is 1.66. The topological polar surface area (TPSA) is 52.0 Å². The van der Waals surface area contributed by atoms with Gasteiger partial charge in [-0.15, -0.1) is 5.73 Å². The predicted molar refractivity (Wildman–Crippen MR) is 33.7 cm³/mol. The molecule has 0 atom stereocenters. The Kier molecular flexibility index (Phi) is 3.17. The Balaban J connectivity index is 4.02. The summed E-state index contributed by atoms with van der Waals surface area (Å²) in [6.07, 6.45) is 3.11. The Hall–Kier alpha value is -1.36. The normalized spacial score (nSPS) is 6.00. The molecule has 0 aliphatic rings. The third-order valence-corrected chi connectivity index (χ3v) is 0.451. The van der Waals surface area contributed by atoms with Crippen molar-refractivity contribution in [3.8, 4) is 0 Å². The highest BCUT2D eigenvalue weighted by Crippen LogP contribution is 1.67. The maximum atomic E-state index is 5.02. The highest BCUT2D eigenvalue weighted by molar-refractivity contribution is 5.02. The molecule has 0 heterocycles. The van der Waals surface area contributed by atoms with E-state index in [1.54, 1.807) is 12.2 Å². The summed E-state index contributed by atoms with van der Waals surface area (Å²) in [4.78, 5) is 0. The molecule has 0 aliphatic heterocycles. The summed E-state index contributed by atoms with van der Waals surface area (Å²) in [6, 6.07) is 0. The van der Waals surface area contributed by atoms with E-state index in [0.29, 0.717) is 0 Å². The van der Waals surface area contributed by atoms with E-state index >= 15 is 0 Å². The van der Waals surface area contributed by atoms with Crippen LogP contribution in [0.1, 0.15) is 0 Å². The monoisotopic (exact) mass is 108 g/mol. The average molecular weight is 108 g/mol. The van der Waals surface area contributed by atoms with Gasteiger partial charge in [0.05, 0.1) is 0 Å². The van der Waals surface area contributed by atoms with Crippen LogP contribution < -0.4 is 11.5 Å². The maximum Gasteiger partial charge on any atom is 0.138 e. The van der Waals surface area contributed by atoms with Crippen molar-refractivity contribution in [3.05, 3.63) is 36.0 Å². The van der Waals surface area contributed by atoms with E-state index in [1.807, 2.05) is 0 Å². The Bertz CT molecular complexity index is 163. The molecular formula is C6H8N2. The van der Waals surface area contributed by atoms with Gasteiger partial charge in [0.25, 0.3) is 0 Å². The van der Waals surface area contributed by atoms with Gasteiger partial charge in [-0.2, -0.15) is 0 Å². The largest absolute Gasteiger partial charge is 0.379 e. The SMILES string of the molecule is C=C=CC=C=C(N)N. The summed E-state index contributed by atoms with van der Waals surface area (Å²) in [7, 11) is 0. The fraction of sp³-hybridized carbons (Fsp3) is 0. The second-order valence-corrected chi connectivity index (χ2v) is 1.14. The highest BCUT2D eigenvalue weighted by atomic mass is 14.8. The first-order valence-corrected chi connectivity index (χ1v) is 2.09. The third-order valence-electron chi connectivity index (χ3n) is 0.451. The van der Waals surface area contributed by atoms with E-state index < -0.39 is 0 Å². The molecule has 2 nitrogen and oxygen atoms in total. The van der Waals surface area contributed by atoms with Crippen LogP contribution in [0.2, 0.25) is 0 Å². The van der Waals surface area contributed by atoms with Gasteiger partial charge in [0, 0.05) is 0 Å². The van der Waals surface area contributed by atoms with Crippen LogP contribution in [0.5, 0.6) is 0 Å². The van der Waals surface area contributed by atoms with Crippen molar-refractivity contribution in [3.63, 3.8) is 0 Å². The van der Waals surface area contributed by atoms with Gasteiger partial charge in [-0.3, -0.25) is 0 Å². The number of hydrogen-bond donors (Lipinski definition) is 2. The molecule has 0 fully saturated rings. The minimum atomic E-state index is 0.163. The second-order valence-electron chi connectivity index (χ2n) is 1.14. The van der Waals surface area contributed by atoms with Crippen LogP contribution in [0.4, 0.5) is 0 Å². The van der Waals surface area contributed by atoms with Crippen molar-refractivity contribution < 1.29 is 0 Å². The molecule has 0 saturated carbocycles. The summed E-state index contributed by atoms with van der Waals surface area (Å²) in [5.41, 5.74) is 15.1. The Morgan fingerprint density at radius 2 is 2.00 bits per heavy atom. The first-order valence-electron chi connectivity index (χ1n) is 2.09. The maximum absolute atomic E-state index is 5.02. The summed E-state index contributed by atoms with van der Waals surface area (Å²) in [5.74, 6) is 0.163. The molecule has 8 heavy (non-hydrogen) atoms. The van der Waals surface area contributed by atoms with Crippen molar-refractivity contribution in [1.29, 1.82) is 0 Å². The lowest BCUT2D eigenvalue weighted by Crippen LogP contribution is -2.05. The van der Waals surface area contributed by atoms with Gasteiger partial charge >= 0.3 is 0 Å². The van der Waals surface area contributed by atoms with Gasteiger partial charge in [-0.25, -0.2) is 0 Å². The molecule has 0 amide bonds. The molecule has 0 unspecified atom stereocenters. The fourth-order valence-corrected chi connectivity index (χ4v) is 0.197. The zero-order chi connectivity index (χ0) is 6.41. The third kappa shape index (κ3) is 4.64. The Morgan fingerprint density at radius 1 is 1.38 bits per heavy atom. The first kappa shape index (κ1) is 6.64. The quantitative estimate of drug-likeness (QED) is 0.373. The number of nitrogens with two attached hydrogens (primary N) is 2. The number of hydrogen-bond acceptors (Lipinski definition) is 2. The lowest BCUT2D eigenvalue weighted by molar-refractivity contribution is 1.26. The van der Waals surface area contributed by atoms with Gasteiger partial charge in [0.2, 0.25) is 0 Å². The van der Waals surface area contributed by atoms with Crippen LogP contribution in [0.25, 0.3) is 0 Å². The van der Waals surface area contributed by atoms with E-state index in [0.717, 1.165) is 0 Å². The van der Waals surface area contributed by atoms with E-state index in [-0.39, 0.29) is 5.82 Å². The van der Waals surface area contributed by atoms with Crippen LogP contribution >= 0.6 is 0 Å². The molecule has 42 valence electrons. The van der Waals surface area contributed by atoms with Gasteiger partial charge in [-0.1, -0.05) is 12.3 Å². The smallest absolute Gasteiger partial charge is 0.138 e. The molecule has 0 aromatic rings. The van der Waals surface area contributed by atoms with Gasteiger partial charge in [-0.05, 0) is 12.2 Å². The minimum Gasteiger partial charge on any atom is -0.379 e. The lowest BCUT2D eigenvalue weighted by atomic mass is 10.5. The molecule has 0 rings (SSSR count). The standard InChI is InChI=1S/C6H8N2/c1-2-3-4-5-6(7)8/h3-4H,1,7-8H2. The van der Waals surface area contributed by atoms with Crippen LogP contribution in [-0.2, 0) is 0 Å². The molecule has 0 spiro atoms. The first-order chi connectivity index (χ1) is 3.77. The molecular weight excluding hydrogens is 100 g/mol. The van der Waals surface area contributed by atoms with Gasteiger partial charge in [0.15, 0.2) is 0 Å². The molecule has 0 aromatic heterocycles. The highest BCUT2D eigenvalue weighted by Gasteiger charge is 1.61. The van der Waals surface area contributed by atoms with Gasteiger partial charge in [0.1, 0.15) is 5.82 Å².